The van der Waals surface area contributed by atoms with Gasteiger partial charge >= 0.3 is 6.18 Å². The van der Waals surface area contributed by atoms with E-state index >= 15 is 4.39 Å². The van der Waals surface area contributed by atoms with Crippen LogP contribution in [-0.4, -0.2) is 44.7 Å². The van der Waals surface area contributed by atoms with Crippen molar-refractivity contribution >= 4 is 11.9 Å². The van der Waals surface area contributed by atoms with Crippen molar-refractivity contribution < 1.29 is 31.1 Å². The van der Waals surface area contributed by atoms with E-state index in [-0.39, 0.29) is 31.1 Å². The number of halogens is 6. The molecule has 37 heavy (non-hydrogen) atoms. The minimum Gasteiger partial charge on any atom is -0.313 e. The average Bonchev–Trinajstić information content (AvgIpc) is 3.38. The molecule has 0 radical (unpaired) electrons. The molecule has 1 aliphatic heterocycles. The number of amides is 1. The zero-order valence-electron chi connectivity index (χ0n) is 20.4. The summed E-state index contributed by atoms with van der Waals surface area (Å²) in [6, 6.07) is 7.32. The lowest BCUT2D eigenvalue weighted by atomic mass is 9.85. The lowest BCUT2D eigenvalue weighted by Gasteiger charge is -2.32. The number of hydrogen-bond acceptors (Lipinski definition) is 3. The topological polar surface area (TPSA) is 50.2 Å². The number of alkyl halides is 4. The van der Waals surface area contributed by atoms with Crippen molar-refractivity contribution in [2.24, 2.45) is 0 Å². The highest BCUT2D eigenvalue weighted by atomic mass is 19.4. The monoisotopic (exact) mass is 524 g/mol. The fourth-order valence-corrected chi connectivity index (χ4v) is 4.45. The molecule has 0 unspecified atom stereocenters. The number of rotatable bonds is 5. The van der Waals surface area contributed by atoms with Crippen molar-refractivity contribution in [3.8, 4) is 0 Å². The summed E-state index contributed by atoms with van der Waals surface area (Å²) in [7, 11) is 0. The van der Waals surface area contributed by atoms with Crippen LogP contribution in [0.5, 0.6) is 0 Å². The van der Waals surface area contributed by atoms with Crippen LogP contribution in [-0.2, 0) is 17.5 Å². The van der Waals surface area contributed by atoms with Crippen molar-refractivity contribution in [2.75, 3.05) is 18.4 Å². The number of nitrogens with zero attached hydrogens (tertiary/aromatic N) is 3. The van der Waals surface area contributed by atoms with E-state index < -0.39 is 46.4 Å². The van der Waals surface area contributed by atoms with E-state index in [1.165, 1.54) is 29.1 Å². The first-order valence-corrected chi connectivity index (χ1v) is 11.6. The van der Waals surface area contributed by atoms with E-state index in [9.17, 15) is 26.7 Å². The molecule has 4 rings (SSSR count). The van der Waals surface area contributed by atoms with Gasteiger partial charge in [0, 0.05) is 43.0 Å². The maximum atomic E-state index is 16.6. The number of nitrogens with one attached hydrogen (secondary N) is 1. The highest BCUT2D eigenvalue weighted by Gasteiger charge is 2.56. The number of carbonyl (C=O) groups is 1. The number of benzene rings is 2. The minimum absolute atomic E-state index is 0.0190. The molecule has 1 N–H and O–H groups in total. The second kappa shape index (κ2) is 9.51. The lowest BCUT2D eigenvalue weighted by Crippen LogP contribution is -2.47. The van der Waals surface area contributed by atoms with Gasteiger partial charge in [-0.15, -0.1) is 0 Å². The molecule has 3 aromatic rings. The molecule has 2 atom stereocenters. The maximum absolute atomic E-state index is 16.6. The predicted molar refractivity (Wildman–Crippen MR) is 126 cm³/mol. The molecule has 2 heterocycles. The van der Waals surface area contributed by atoms with Gasteiger partial charge in [-0.1, -0.05) is 18.2 Å². The highest BCUT2D eigenvalue weighted by Crippen LogP contribution is 2.43. The highest BCUT2D eigenvalue weighted by molar-refractivity contribution is 5.97. The quantitative estimate of drug-likeness (QED) is 0.431. The minimum atomic E-state index is -4.47. The fraction of sp³-hybridized carbons (Fsp3) is 0.385. The Hall–Kier alpha value is -3.34. The second-order valence-electron chi connectivity index (χ2n) is 10.2. The molecule has 0 bridgehead atoms. The van der Waals surface area contributed by atoms with Crippen LogP contribution in [0, 0.1) is 11.6 Å². The molecule has 1 aliphatic rings. The van der Waals surface area contributed by atoms with Gasteiger partial charge in [0.25, 0.3) is 5.91 Å². The number of anilines is 1. The zero-order chi connectivity index (χ0) is 27.2. The normalized spacial score (nSPS) is 20.8. The standard InChI is InChI=1S/C26H26F6N4O/c1-24(2,3)36-14-20(19-9-8-18(27)12-21(19)28)25(29,15-36)22(37)34-23-33-10-11-35(23)13-16-4-6-17(7-5-16)26(30,31)32/h4-12,20H,13-15H2,1-3H3,(H,33,34,37)/t20-,25-/m0/s1. The molecule has 0 aliphatic carbocycles. The van der Waals surface area contributed by atoms with Gasteiger partial charge in [-0.05, 0) is 50.1 Å². The van der Waals surface area contributed by atoms with E-state index in [1.807, 2.05) is 20.8 Å². The third kappa shape index (κ3) is 5.51. The molecular formula is C26H26F6N4O. The first-order chi connectivity index (χ1) is 17.2. The van der Waals surface area contributed by atoms with Crippen molar-refractivity contribution in [1.82, 2.24) is 14.5 Å². The summed E-state index contributed by atoms with van der Waals surface area (Å²) >= 11 is 0. The predicted octanol–water partition coefficient (Wildman–Crippen LogP) is 5.77. The van der Waals surface area contributed by atoms with Gasteiger partial charge in [0.15, 0.2) is 0 Å². The van der Waals surface area contributed by atoms with Crippen LogP contribution in [0.2, 0.25) is 0 Å². The smallest absolute Gasteiger partial charge is 0.313 e. The van der Waals surface area contributed by atoms with E-state index in [0.29, 0.717) is 11.6 Å². The summed E-state index contributed by atoms with van der Waals surface area (Å²) in [4.78, 5) is 19.1. The number of likely N-dealkylation sites (tertiary alicyclic amines) is 1. The first kappa shape index (κ1) is 26.7. The Morgan fingerprint density at radius 1 is 1.11 bits per heavy atom. The number of imidazole rings is 1. The summed E-state index contributed by atoms with van der Waals surface area (Å²) in [6.45, 7) is 5.28. The molecule has 0 spiro atoms. The molecule has 198 valence electrons. The molecule has 1 amide bonds. The van der Waals surface area contributed by atoms with Crippen LogP contribution in [0.3, 0.4) is 0 Å². The Balaban J connectivity index is 1.59. The van der Waals surface area contributed by atoms with Gasteiger partial charge < -0.3 is 4.57 Å². The van der Waals surface area contributed by atoms with E-state index in [4.69, 9.17) is 0 Å². The SMILES string of the molecule is CC(C)(C)N1C[C@@H](c2ccc(F)cc2F)[C@](F)(C(=O)Nc2nccn2Cc2ccc(C(F)(F)F)cc2)C1. The van der Waals surface area contributed by atoms with Crippen LogP contribution >= 0.6 is 0 Å². The number of hydrogen-bond donors (Lipinski definition) is 1. The molecule has 5 nitrogen and oxygen atoms in total. The van der Waals surface area contributed by atoms with Crippen LogP contribution in [0.15, 0.2) is 54.9 Å². The zero-order valence-corrected chi connectivity index (χ0v) is 20.4. The van der Waals surface area contributed by atoms with Gasteiger partial charge in [-0.3, -0.25) is 15.0 Å². The van der Waals surface area contributed by atoms with Crippen LogP contribution in [0.4, 0.5) is 32.3 Å². The van der Waals surface area contributed by atoms with Crippen LogP contribution in [0.25, 0.3) is 0 Å². The van der Waals surface area contributed by atoms with Gasteiger partial charge in [0.05, 0.1) is 12.1 Å². The Kier molecular flexibility index (Phi) is 6.87. The summed E-state index contributed by atoms with van der Waals surface area (Å²) in [5.74, 6) is -4.04. The molecule has 1 saturated heterocycles. The lowest BCUT2D eigenvalue weighted by molar-refractivity contribution is -0.137. The molecule has 11 heteroatoms. The summed E-state index contributed by atoms with van der Waals surface area (Å²) in [6.07, 6.45) is -1.62. The Bertz CT molecular complexity index is 1280. The molecule has 1 fully saturated rings. The molecular weight excluding hydrogens is 498 g/mol. The van der Waals surface area contributed by atoms with E-state index in [0.717, 1.165) is 24.3 Å². The number of carbonyl (C=O) groups excluding carboxylic acids is 1. The Labute approximate surface area is 210 Å². The van der Waals surface area contributed by atoms with Crippen LogP contribution < -0.4 is 5.32 Å². The first-order valence-electron chi connectivity index (χ1n) is 11.6. The van der Waals surface area contributed by atoms with Crippen molar-refractivity contribution in [3.63, 3.8) is 0 Å². The Morgan fingerprint density at radius 2 is 1.78 bits per heavy atom. The fourth-order valence-electron chi connectivity index (χ4n) is 4.45. The summed E-state index contributed by atoms with van der Waals surface area (Å²) in [5, 5.41) is 2.47. The van der Waals surface area contributed by atoms with Crippen molar-refractivity contribution in [1.29, 1.82) is 0 Å². The number of aromatic nitrogens is 2. The van der Waals surface area contributed by atoms with Gasteiger partial charge in [0.2, 0.25) is 11.6 Å². The van der Waals surface area contributed by atoms with Crippen molar-refractivity contribution in [2.45, 2.75) is 50.6 Å². The summed E-state index contributed by atoms with van der Waals surface area (Å²) < 4.78 is 84.7. The second-order valence-corrected chi connectivity index (χ2v) is 10.2. The van der Waals surface area contributed by atoms with Crippen molar-refractivity contribution in [3.05, 3.63) is 83.2 Å². The molecule has 1 aromatic heterocycles. The molecule has 0 saturated carbocycles. The van der Waals surface area contributed by atoms with Crippen LogP contribution in [0.1, 0.15) is 43.4 Å². The average molecular weight is 525 g/mol. The van der Waals surface area contributed by atoms with Gasteiger partial charge in [-0.2, -0.15) is 13.2 Å². The maximum Gasteiger partial charge on any atom is 0.416 e. The largest absolute Gasteiger partial charge is 0.416 e. The van der Waals surface area contributed by atoms with Gasteiger partial charge in [-0.25, -0.2) is 18.2 Å². The molecule has 2 aromatic carbocycles. The third-order valence-corrected chi connectivity index (χ3v) is 6.62. The van der Waals surface area contributed by atoms with E-state index in [2.05, 4.69) is 10.3 Å². The third-order valence-electron chi connectivity index (χ3n) is 6.62. The summed E-state index contributed by atoms with van der Waals surface area (Å²) in [5.41, 5.74) is -3.51. The Morgan fingerprint density at radius 3 is 2.38 bits per heavy atom. The van der Waals surface area contributed by atoms with E-state index in [1.54, 1.807) is 4.90 Å². The van der Waals surface area contributed by atoms with Gasteiger partial charge in [0.1, 0.15) is 11.6 Å².